The summed E-state index contributed by atoms with van der Waals surface area (Å²) in [6, 6.07) is 7.64. The number of aromatic nitrogens is 2. The fourth-order valence-electron chi connectivity index (χ4n) is 3.18. The van der Waals surface area contributed by atoms with Crippen molar-refractivity contribution in [2.75, 3.05) is 18.4 Å². The highest BCUT2D eigenvalue weighted by atomic mass is 35.5. The van der Waals surface area contributed by atoms with Crippen molar-refractivity contribution < 1.29 is 5.52 Å². The van der Waals surface area contributed by atoms with Crippen LogP contribution in [0.4, 0.5) is 5.82 Å². The van der Waals surface area contributed by atoms with Gasteiger partial charge in [-0.3, -0.25) is 4.90 Å². The summed E-state index contributed by atoms with van der Waals surface area (Å²) in [5.74, 6) is 0.237. The first-order chi connectivity index (χ1) is 14.8. The molecule has 0 saturated carbocycles. The summed E-state index contributed by atoms with van der Waals surface area (Å²) in [5, 5.41) is 10.9. The van der Waals surface area contributed by atoms with E-state index in [0.29, 0.717) is 41.7 Å². The standard InChI is InChI=1S/C20H20ClN5S/c1-13-2-3-14(8-15(13)10-22)11-26-6-4-16(5-7-26)25-19-17-9-18(21)27-20(17)24-12-23-19/h2-3,8-9,12,16H,4-7,11H2,1H3,(H,23,24,25)/i9D,11D,12D/hD. The van der Waals surface area contributed by atoms with E-state index in [1.165, 1.54) is 5.31 Å². The van der Waals surface area contributed by atoms with Gasteiger partial charge in [0.05, 0.1) is 22.7 Å². The van der Waals surface area contributed by atoms with Crippen LogP contribution in [0.3, 0.4) is 0 Å². The summed E-state index contributed by atoms with van der Waals surface area (Å²) in [6.07, 6.45) is 1.08. The first-order valence-corrected chi connectivity index (χ1v) is 9.88. The molecule has 0 bridgehead atoms. The molecule has 0 spiro atoms. The van der Waals surface area contributed by atoms with Crippen molar-refractivity contribution in [3.63, 3.8) is 0 Å². The number of nitrogens with zero attached hydrogens (tertiary/aromatic N) is 4. The maximum Gasteiger partial charge on any atom is 0.162 e. The van der Waals surface area contributed by atoms with Crippen LogP contribution in [0, 0.1) is 18.3 Å². The van der Waals surface area contributed by atoms with Crippen molar-refractivity contribution in [3.05, 3.63) is 51.6 Å². The molecule has 3 aromatic rings. The molecule has 1 saturated heterocycles. The second-order valence-electron chi connectivity index (χ2n) is 6.54. The lowest BCUT2D eigenvalue weighted by molar-refractivity contribution is 0.211. The van der Waals surface area contributed by atoms with E-state index >= 15 is 0 Å². The molecular formula is C20H20ClN5S. The van der Waals surface area contributed by atoms with Crippen molar-refractivity contribution >= 4 is 39.0 Å². The van der Waals surface area contributed by atoms with Gasteiger partial charge in [0.25, 0.3) is 0 Å². The lowest BCUT2D eigenvalue weighted by Gasteiger charge is -2.32. The van der Waals surface area contributed by atoms with Crippen LogP contribution in [-0.2, 0) is 6.52 Å². The Morgan fingerprint density at radius 2 is 2.30 bits per heavy atom. The molecule has 1 aromatic carbocycles. The molecule has 1 aliphatic rings. The van der Waals surface area contributed by atoms with Crippen LogP contribution in [-0.4, -0.2) is 34.0 Å². The normalized spacial score (nSPS) is 19.0. The number of nitrogens with one attached hydrogen (secondary N) is 1. The minimum absolute atomic E-state index is 0.0882. The van der Waals surface area contributed by atoms with E-state index in [9.17, 15) is 5.26 Å². The molecule has 138 valence electrons. The number of hydrogen-bond acceptors (Lipinski definition) is 6. The first-order valence-electron chi connectivity index (χ1n) is 10.7. The number of nitriles is 1. The smallest absolute Gasteiger partial charge is 0.162 e. The highest BCUT2D eigenvalue weighted by molar-refractivity contribution is 7.22. The maximum absolute atomic E-state index is 9.26. The molecule has 0 amide bonds. The Morgan fingerprint density at radius 3 is 3.07 bits per heavy atom. The predicted octanol–water partition coefficient (Wildman–Crippen LogP) is 4.60. The lowest BCUT2D eigenvalue weighted by atomic mass is 10.0. The molecule has 5 nitrogen and oxygen atoms in total. The summed E-state index contributed by atoms with van der Waals surface area (Å²) in [5.41, 5.74) is 2.27. The average Bonchev–Trinajstić information content (AvgIpc) is 3.05. The Bertz CT molecular complexity index is 1170. The zero-order valence-electron chi connectivity index (χ0n) is 18.7. The number of hydrogen-bond donors (Lipinski definition) is 1. The third kappa shape index (κ3) is 4.06. The number of likely N-dealkylation sites (tertiary alicyclic amines) is 1. The molecule has 1 aliphatic heterocycles. The van der Waals surface area contributed by atoms with Crippen LogP contribution < -0.4 is 5.31 Å². The van der Waals surface area contributed by atoms with Gasteiger partial charge in [-0.25, -0.2) is 9.97 Å². The van der Waals surface area contributed by atoms with Crippen molar-refractivity contribution in [2.45, 2.75) is 32.3 Å². The first kappa shape index (κ1) is 13.9. The molecule has 1 atom stereocenters. The van der Waals surface area contributed by atoms with Gasteiger partial charge in [0, 0.05) is 27.0 Å². The zero-order chi connectivity index (χ0) is 22.3. The number of anilines is 1. The number of halogens is 1. The predicted molar refractivity (Wildman–Crippen MR) is 110 cm³/mol. The molecule has 27 heavy (non-hydrogen) atoms. The summed E-state index contributed by atoms with van der Waals surface area (Å²) in [7, 11) is 0. The molecule has 0 aliphatic carbocycles. The molecule has 2 aromatic heterocycles. The van der Waals surface area contributed by atoms with E-state index in [-0.39, 0.29) is 28.5 Å². The van der Waals surface area contributed by atoms with Gasteiger partial charge in [-0.15, -0.1) is 11.3 Å². The highest BCUT2D eigenvalue weighted by Gasteiger charge is 2.20. The van der Waals surface area contributed by atoms with E-state index in [2.05, 4.69) is 16.0 Å². The highest BCUT2D eigenvalue weighted by Crippen LogP contribution is 2.32. The van der Waals surface area contributed by atoms with E-state index in [1.807, 2.05) is 24.0 Å². The van der Waals surface area contributed by atoms with Crippen molar-refractivity contribution in [1.82, 2.24) is 14.9 Å². The second-order valence-corrected chi connectivity index (χ2v) is 8.14. The molecule has 3 heterocycles. The van der Waals surface area contributed by atoms with Crippen LogP contribution in [0.15, 0.2) is 30.5 Å². The van der Waals surface area contributed by atoms with Gasteiger partial charge in [-0.05, 0) is 43.0 Å². The molecule has 7 heteroatoms. The monoisotopic (exact) mass is 401 g/mol. The summed E-state index contributed by atoms with van der Waals surface area (Å²) >= 11 is 7.20. The van der Waals surface area contributed by atoms with Gasteiger partial charge in [0.15, 0.2) is 1.41 Å². The van der Waals surface area contributed by atoms with E-state index in [4.69, 9.17) is 17.1 Å². The van der Waals surface area contributed by atoms with Crippen molar-refractivity contribution in [2.24, 2.45) is 0 Å². The number of benzene rings is 1. The van der Waals surface area contributed by atoms with Gasteiger partial charge in [-0.2, -0.15) is 5.26 Å². The number of piperidine rings is 1. The van der Waals surface area contributed by atoms with Crippen molar-refractivity contribution in [1.29, 1.82) is 5.26 Å². The summed E-state index contributed by atoms with van der Waals surface area (Å²) in [4.78, 5) is 10.6. The van der Waals surface area contributed by atoms with Gasteiger partial charge in [0.1, 0.15) is 18.3 Å². The average molecular weight is 402 g/mol. The van der Waals surface area contributed by atoms with Crippen LogP contribution >= 0.6 is 22.9 Å². The molecule has 1 fully saturated rings. The largest absolute Gasteiger partial charge is 0.367 e. The quantitative estimate of drug-likeness (QED) is 0.691. The van der Waals surface area contributed by atoms with Crippen LogP contribution in [0.5, 0.6) is 0 Å². The van der Waals surface area contributed by atoms with Crippen molar-refractivity contribution in [3.8, 4) is 6.07 Å². The topological polar surface area (TPSA) is 64.8 Å². The molecule has 4 rings (SSSR count). The van der Waals surface area contributed by atoms with E-state index < -0.39 is 6.52 Å². The second kappa shape index (κ2) is 7.81. The van der Waals surface area contributed by atoms with Crippen LogP contribution in [0.25, 0.3) is 10.2 Å². The Labute approximate surface area is 173 Å². The molecule has 0 radical (unpaired) electrons. The number of fused-ring (bicyclic) bond motifs is 1. The minimum Gasteiger partial charge on any atom is -0.367 e. The minimum atomic E-state index is -0.575. The summed E-state index contributed by atoms with van der Waals surface area (Å²) < 4.78 is 33.6. The SMILES string of the molecule is [2H]c1nc(N([2H])C2CCN(C([2H])c3ccc(C)c(C#N)c3)CC2)c2c([2H])c(Cl)sc2n1. The van der Waals surface area contributed by atoms with Crippen LogP contribution in [0.2, 0.25) is 5.75 Å². The lowest BCUT2D eigenvalue weighted by Crippen LogP contribution is -2.38. The molecular weight excluding hydrogens is 378 g/mol. The van der Waals surface area contributed by atoms with E-state index in [1.54, 1.807) is 6.07 Å². The maximum atomic E-state index is 9.26. The fraction of sp³-hybridized carbons (Fsp3) is 0.350. The number of thiophene rings is 1. The van der Waals surface area contributed by atoms with Crippen LogP contribution in [0.1, 0.15) is 33.6 Å². The Morgan fingerprint density at radius 1 is 1.48 bits per heavy atom. The summed E-state index contributed by atoms with van der Waals surface area (Å²) in [6.45, 7) is 2.54. The Hall–Kier alpha value is -2.20. The number of aryl methyl sites for hydroxylation is 1. The van der Waals surface area contributed by atoms with Gasteiger partial charge in [0.2, 0.25) is 0 Å². The zero-order valence-corrected chi connectivity index (χ0v) is 16.3. The van der Waals surface area contributed by atoms with E-state index in [0.717, 1.165) is 22.5 Å². The Balaban J connectivity index is 1.50. The molecule has 1 unspecified atom stereocenters. The number of rotatable bonds is 4. The third-order valence-electron chi connectivity index (χ3n) is 4.67. The third-order valence-corrected chi connectivity index (χ3v) is 5.77. The van der Waals surface area contributed by atoms with Gasteiger partial charge < -0.3 is 5.31 Å². The fourth-order valence-corrected chi connectivity index (χ4v) is 4.15. The molecule has 1 N–H and O–H groups in total. The Kier molecular flexibility index (Phi) is 4.02. The van der Waals surface area contributed by atoms with Gasteiger partial charge in [-0.1, -0.05) is 23.7 Å². The van der Waals surface area contributed by atoms with Gasteiger partial charge >= 0.3 is 0 Å².